The molecule has 1 aliphatic heterocycles. The lowest BCUT2D eigenvalue weighted by atomic mass is 9.97. The number of amides is 1. The molecule has 22 heavy (non-hydrogen) atoms. The van der Waals surface area contributed by atoms with Crippen LogP contribution >= 0.6 is 0 Å². The first-order chi connectivity index (χ1) is 10.7. The Hall–Kier alpha value is -2.15. The highest BCUT2D eigenvalue weighted by Gasteiger charge is 2.23. The normalized spacial score (nSPS) is 19.4. The Bertz CT molecular complexity index is 640. The van der Waals surface area contributed by atoms with Crippen molar-refractivity contribution in [2.45, 2.75) is 19.3 Å². The van der Waals surface area contributed by atoms with Crippen molar-refractivity contribution in [3.63, 3.8) is 0 Å². The number of piperidine rings is 1. The number of fused-ring (bicyclic) bond motifs is 1. The fourth-order valence-electron chi connectivity index (χ4n) is 3.01. The van der Waals surface area contributed by atoms with E-state index in [-0.39, 0.29) is 11.8 Å². The van der Waals surface area contributed by atoms with Crippen molar-refractivity contribution in [2.24, 2.45) is 11.7 Å². The van der Waals surface area contributed by atoms with Gasteiger partial charge in [-0.2, -0.15) is 0 Å². The fraction of sp³-hybridized carbons (Fsp3) is 0.533. The number of rotatable bonds is 6. The highest BCUT2D eigenvalue weighted by atomic mass is 16.1. The van der Waals surface area contributed by atoms with Crippen LogP contribution in [0.3, 0.4) is 0 Å². The van der Waals surface area contributed by atoms with Crippen LogP contribution < -0.4 is 11.1 Å². The van der Waals surface area contributed by atoms with Gasteiger partial charge in [0.2, 0.25) is 5.91 Å². The van der Waals surface area contributed by atoms with Crippen LogP contribution in [0.1, 0.15) is 19.3 Å². The minimum absolute atomic E-state index is 0.0158. The third-order valence-electron chi connectivity index (χ3n) is 4.20. The van der Waals surface area contributed by atoms with Crippen molar-refractivity contribution in [3.8, 4) is 0 Å². The summed E-state index contributed by atoms with van der Waals surface area (Å²) in [6, 6.07) is 1.93. The van der Waals surface area contributed by atoms with E-state index in [0.717, 1.165) is 62.3 Å². The van der Waals surface area contributed by atoms with Gasteiger partial charge in [0, 0.05) is 19.3 Å². The van der Waals surface area contributed by atoms with Crippen LogP contribution in [-0.4, -0.2) is 51.9 Å². The molecule has 0 aliphatic carbocycles. The van der Waals surface area contributed by atoms with E-state index in [1.807, 2.05) is 12.3 Å². The molecule has 3 heterocycles. The van der Waals surface area contributed by atoms with Gasteiger partial charge < -0.3 is 20.9 Å². The summed E-state index contributed by atoms with van der Waals surface area (Å²) in [7, 11) is 0. The molecule has 118 valence electrons. The lowest BCUT2D eigenvalue weighted by Gasteiger charge is -2.31. The van der Waals surface area contributed by atoms with E-state index in [0.29, 0.717) is 0 Å². The lowest BCUT2D eigenvalue weighted by molar-refractivity contribution is -0.123. The molecule has 2 aromatic heterocycles. The second kappa shape index (κ2) is 6.74. The Morgan fingerprint density at radius 1 is 1.50 bits per heavy atom. The first-order valence-corrected chi connectivity index (χ1v) is 7.77. The molecule has 0 saturated carbocycles. The minimum Gasteiger partial charge on any atom is -0.369 e. The van der Waals surface area contributed by atoms with Gasteiger partial charge in [0.15, 0.2) is 5.82 Å². The minimum atomic E-state index is -0.169. The number of anilines is 1. The van der Waals surface area contributed by atoms with E-state index >= 15 is 0 Å². The summed E-state index contributed by atoms with van der Waals surface area (Å²) >= 11 is 0. The zero-order valence-corrected chi connectivity index (χ0v) is 12.6. The highest BCUT2D eigenvalue weighted by molar-refractivity contribution is 5.85. The number of nitrogens with two attached hydrogens (primary N) is 1. The number of carbonyl (C=O) groups is 1. The molecule has 3 rings (SSSR count). The van der Waals surface area contributed by atoms with Gasteiger partial charge in [-0.3, -0.25) is 4.79 Å². The topological polar surface area (TPSA) is 99.9 Å². The standard InChI is InChI=1S/C15H22N6O/c16-14(22)11-3-1-7-21(9-11)8-2-5-18-15-13-12(4-6-17-13)19-10-20-15/h4,6,10-11,17H,1-3,5,7-9H2,(H2,16,22)(H,18,19,20). The molecule has 1 saturated heterocycles. The van der Waals surface area contributed by atoms with Gasteiger partial charge in [-0.1, -0.05) is 0 Å². The van der Waals surface area contributed by atoms with Gasteiger partial charge in [-0.05, 0) is 38.4 Å². The van der Waals surface area contributed by atoms with Crippen molar-refractivity contribution >= 4 is 22.8 Å². The Balaban J connectivity index is 1.46. The number of primary amides is 1. The number of carbonyl (C=O) groups excluding carboxylic acids is 1. The Kier molecular flexibility index (Phi) is 4.53. The van der Waals surface area contributed by atoms with E-state index in [9.17, 15) is 4.79 Å². The molecule has 7 nitrogen and oxygen atoms in total. The van der Waals surface area contributed by atoms with Crippen LogP contribution in [0.25, 0.3) is 11.0 Å². The number of hydrogen-bond donors (Lipinski definition) is 3. The van der Waals surface area contributed by atoms with Crippen LogP contribution in [0.4, 0.5) is 5.82 Å². The summed E-state index contributed by atoms with van der Waals surface area (Å²) in [5, 5.41) is 3.35. The molecule has 1 fully saturated rings. The maximum atomic E-state index is 11.3. The molecule has 1 atom stereocenters. The van der Waals surface area contributed by atoms with Crippen molar-refractivity contribution < 1.29 is 4.79 Å². The number of likely N-dealkylation sites (tertiary alicyclic amines) is 1. The van der Waals surface area contributed by atoms with E-state index < -0.39 is 0 Å². The smallest absolute Gasteiger partial charge is 0.221 e. The van der Waals surface area contributed by atoms with Gasteiger partial charge in [-0.25, -0.2) is 9.97 Å². The zero-order valence-electron chi connectivity index (χ0n) is 12.6. The summed E-state index contributed by atoms with van der Waals surface area (Å²) in [5.41, 5.74) is 7.26. The zero-order chi connectivity index (χ0) is 15.4. The van der Waals surface area contributed by atoms with E-state index in [1.165, 1.54) is 0 Å². The van der Waals surface area contributed by atoms with E-state index in [2.05, 4.69) is 25.2 Å². The maximum absolute atomic E-state index is 11.3. The van der Waals surface area contributed by atoms with Crippen molar-refractivity contribution in [1.82, 2.24) is 19.9 Å². The van der Waals surface area contributed by atoms with Crippen LogP contribution in [0.2, 0.25) is 0 Å². The van der Waals surface area contributed by atoms with Crippen LogP contribution in [0.15, 0.2) is 18.6 Å². The van der Waals surface area contributed by atoms with Gasteiger partial charge >= 0.3 is 0 Å². The van der Waals surface area contributed by atoms with Crippen molar-refractivity contribution in [3.05, 3.63) is 18.6 Å². The van der Waals surface area contributed by atoms with Crippen LogP contribution in [0.5, 0.6) is 0 Å². The molecule has 0 bridgehead atoms. The Morgan fingerprint density at radius 3 is 3.27 bits per heavy atom. The molecule has 1 aliphatic rings. The average molecular weight is 302 g/mol. The van der Waals surface area contributed by atoms with Gasteiger partial charge in [-0.15, -0.1) is 0 Å². The molecule has 0 aromatic carbocycles. The van der Waals surface area contributed by atoms with Gasteiger partial charge in [0.25, 0.3) is 0 Å². The molecule has 7 heteroatoms. The predicted octanol–water partition coefficient (Wildman–Crippen LogP) is 0.957. The monoisotopic (exact) mass is 302 g/mol. The third-order valence-corrected chi connectivity index (χ3v) is 4.20. The van der Waals surface area contributed by atoms with E-state index in [1.54, 1.807) is 6.33 Å². The summed E-state index contributed by atoms with van der Waals surface area (Å²) in [6.45, 7) is 3.65. The fourth-order valence-corrected chi connectivity index (χ4v) is 3.01. The van der Waals surface area contributed by atoms with E-state index in [4.69, 9.17) is 5.73 Å². The average Bonchev–Trinajstić information content (AvgIpc) is 3.01. The summed E-state index contributed by atoms with van der Waals surface area (Å²) in [5.74, 6) is 0.684. The van der Waals surface area contributed by atoms with Crippen LogP contribution in [0, 0.1) is 5.92 Å². The lowest BCUT2D eigenvalue weighted by Crippen LogP contribution is -2.41. The second-order valence-corrected chi connectivity index (χ2v) is 5.78. The quantitative estimate of drug-likeness (QED) is 0.690. The van der Waals surface area contributed by atoms with Crippen molar-refractivity contribution in [1.29, 1.82) is 0 Å². The first-order valence-electron chi connectivity index (χ1n) is 7.77. The van der Waals surface area contributed by atoms with Gasteiger partial charge in [0.1, 0.15) is 11.8 Å². The molecule has 0 radical (unpaired) electrons. The molecule has 1 amide bonds. The molecular weight excluding hydrogens is 280 g/mol. The number of nitrogens with one attached hydrogen (secondary N) is 2. The molecule has 1 unspecified atom stereocenters. The molecule has 2 aromatic rings. The number of aromatic nitrogens is 3. The summed E-state index contributed by atoms with van der Waals surface area (Å²) in [6.07, 6.45) is 6.41. The number of nitrogens with zero attached hydrogens (tertiary/aromatic N) is 3. The molecule has 0 spiro atoms. The number of hydrogen-bond acceptors (Lipinski definition) is 5. The maximum Gasteiger partial charge on any atom is 0.221 e. The predicted molar refractivity (Wildman–Crippen MR) is 85.4 cm³/mol. The largest absolute Gasteiger partial charge is 0.369 e. The summed E-state index contributed by atoms with van der Waals surface area (Å²) < 4.78 is 0. The number of aromatic amines is 1. The van der Waals surface area contributed by atoms with Crippen LogP contribution in [-0.2, 0) is 4.79 Å². The molecular formula is C15H22N6O. The summed E-state index contributed by atoms with van der Waals surface area (Å²) in [4.78, 5) is 25.2. The molecule has 4 N–H and O–H groups in total. The third kappa shape index (κ3) is 3.36. The Labute approximate surface area is 129 Å². The van der Waals surface area contributed by atoms with Gasteiger partial charge in [0.05, 0.1) is 11.4 Å². The number of H-pyrrole nitrogens is 1. The Morgan fingerprint density at radius 2 is 2.41 bits per heavy atom. The second-order valence-electron chi connectivity index (χ2n) is 5.78. The first kappa shape index (κ1) is 14.8. The van der Waals surface area contributed by atoms with Crippen molar-refractivity contribution in [2.75, 3.05) is 31.5 Å². The SMILES string of the molecule is NC(=O)C1CCCN(CCCNc2ncnc3cc[nH]c23)C1. The highest BCUT2D eigenvalue weighted by Crippen LogP contribution is 2.17.